The van der Waals surface area contributed by atoms with E-state index >= 15 is 0 Å². The highest BCUT2D eigenvalue weighted by Gasteiger charge is 2.13. The fourth-order valence-corrected chi connectivity index (χ4v) is 1.95. The smallest absolute Gasteiger partial charge is 0.306 e. The SMILES string of the molecule is CC(CCCNC(=O)c1cccc(F)c1Br)C(=O)O. The van der Waals surface area contributed by atoms with E-state index < -0.39 is 17.7 Å². The summed E-state index contributed by atoms with van der Waals surface area (Å²) in [5.74, 6) is -2.15. The fourth-order valence-electron chi connectivity index (χ4n) is 1.51. The number of amides is 1. The molecule has 104 valence electrons. The number of benzene rings is 1. The van der Waals surface area contributed by atoms with Crippen LogP contribution in [0.3, 0.4) is 0 Å². The third kappa shape index (κ3) is 4.63. The standard InChI is InChI=1S/C13H15BrFNO3/c1-8(13(18)19)4-3-7-16-12(17)9-5-2-6-10(15)11(9)14/h2,5-6,8H,3-4,7H2,1H3,(H,16,17)(H,18,19). The number of aliphatic carboxylic acids is 1. The van der Waals surface area contributed by atoms with Gasteiger partial charge in [0.25, 0.3) is 5.91 Å². The van der Waals surface area contributed by atoms with Gasteiger partial charge in [0.05, 0.1) is 16.0 Å². The molecule has 0 aliphatic heterocycles. The maximum Gasteiger partial charge on any atom is 0.306 e. The third-order valence-corrected chi connectivity index (χ3v) is 3.52. The highest BCUT2D eigenvalue weighted by atomic mass is 79.9. The van der Waals surface area contributed by atoms with Crippen molar-refractivity contribution in [2.45, 2.75) is 19.8 Å². The number of hydrogen-bond acceptors (Lipinski definition) is 2. The van der Waals surface area contributed by atoms with Crippen LogP contribution in [0, 0.1) is 11.7 Å². The molecule has 1 aromatic carbocycles. The molecule has 0 aliphatic carbocycles. The van der Waals surface area contributed by atoms with Gasteiger partial charge in [-0.3, -0.25) is 9.59 Å². The first-order valence-corrected chi connectivity index (χ1v) is 6.67. The number of hydrogen-bond donors (Lipinski definition) is 2. The molecule has 1 aromatic rings. The van der Waals surface area contributed by atoms with Crippen LogP contribution in [0.4, 0.5) is 4.39 Å². The first kappa shape index (κ1) is 15.6. The lowest BCUT2D eigenvalue weighted by molar-refractivity contribution is -0.141. The molecular formula is C13H15BrFNO3. The van der Waals surface area contributed by atoms with E-state index in [2.05, 4.69) is 21.2 Å². The summed E-state index contributed by atoms with van der Waals surface area (Å²) < 4.78 is 13.4. The van der Waals surface area contributed by atoms with Gasteiger partial charge in [0.15, 0.2) is 0 Å². The van der Waals surface area contributed by atoms with Crippen molar-refractivity contribution >= 4 is 27.8 Å². The van der Waals surface area contributed by atoms with Gasteiger partial charge in [0, 0.05) is 6.54 Å². The average Bonchev–Trinajstić information content (AvgIpc) is 2.37. The number of carboxylic acids is 1. The van der Waals surface area contributed by atoms with Crippen LogP contribution in [0.25, 0.3) is 0 Å². The number of nitrogens with one attached hydrogen (secondary N) is 1. The van der Waals surface area contributed by atoms with Crippen LogP contribution in [-0.4, -0.2) is 23.5 Å². The highest BCUT2D eigenvalue weighted by molar-refractivity contribution is 9.10. The van der Waals surface area contributed by atoms with E-state index in [0.29, 0.717) is 19.4 Å². The van der Waals surface area contributed by atoms with Gasteiger partial charge in [-0.2, -0.15) is 0 Å². The second kappa shape index (κ2) is 7.23. The molecule has 19 heavy (non-hydrogen) atoms. The van der Waals surface area contributed by atoms with Crippen LogP contribution < -0.4 is 5.32 Å². The van der Waals surface area contributed by atoms with Gasteiger partial charge < -0.3 is 10.4 Å². The normalized spacial score (nSPS) is 11.9. The summed E-state index contributed by atoms with van der Waals surface area (Å²) in [7, 11) is 0. The quantitative estimate of drug-likeness (QED) is 0.787. The number of halogens is 2. The number of carbonyl (C=O) groups excluding carboxylic acids is 1. The second-order valence-electron chi connectivity index (χ2n) is 4.24. The molecule has 0 spiro atoms. The maximum absolute atomic E-state index is 13.2. The van der Waals surface area contributed by atoms with E-state index in [-0.39, 0.29) is 15.9 Å². The average molecular weight is 332 g/mol. The van der Waals surface area contributed by atoms with Crippen molar-refractivity contribution < 1.29 is 19.1 Å². The Morgan fingerprint density at radius 2 is 2.16 bits per heavy atom. The molecule has 1 rings (SSSR count). The Balaban J connectivity index is 2.44. The van der Waals surface area contributed by atoms with Gasteiger partial charge in [0.1, 0.15) is 5.82 Å². The Kier molecular flexibility index (Phi) is 5.95. The molecule has 0 aromatic heterocycles. The van der Waals surface area contributed by atoms with Gasteiger partial charge in [0.2, 0.25) is 0 Å². The van der Waals surface area contributed by atoms with Crippen LogP contribution >= 0.6 is 15.9 Å². The van der Waals surface area contributed by atoms with Crippen molar-refractivity contribution in [3.8, 4) is 0 Å². The highest BCUT2D eigenvalue weighted by Crippen LogP contribution is 2.20. The van der Waals surface area contributed by atoms with Crippen molar-refractivity contribution in [2.24, 2.45) is 5.92 Å². The van der Waals surface area contributed by atoms with Crippen LogP contribution in [-0.2, 0) is 4.79 Å². The molecule has 0 aliphatic rings. The van der Waals surface area contributed by atoms with E-state index in [0.717, 1.165) is 0 Å². The second-order valence-corrected chi connectivity index (χ2v) is 5.03. The van der Waals surface area contributed by atoms with Crippen LogP contribution in [0.5, 0.6) is 0 Å². The third-order valence-electron chi connectivity index (χ3n) is 2.72. The molecular weight excluding hydrogens is 317 g/mol. The summed E-state index contributed by atoms with van der Waals surface area (Å²) >= 11 is 3.02. The molecule has 1 atom stereocenters. The lowest BCUT2D eigenvalue weighted by Crippen LogP contribution is -2.25. The molecule has 2 N–H and O–H groups in total. The first-order valence-electron chi connectivity index (χ1n) is 5.88. The lowest BCUT2D eigenvalue weighted by Gasteiger charge is -2.08. The largest absolute Gasteiger partial charge is 0.481 e. The zero-order valence-corrected chi connectivity index (χ0v) is 12.0. The van der Waals surface area contributed by atoms with Crippen molar-refractivity contribution in [3.63, 3.8) is 0 Å². The Morgan fingerprint density at radius 3 is 2.79 bits per heavy atom. The van der Waals surface area contributed by atoms with E-state index in [4.69, 9.17) is 5.11 Å². The minimum Gasteiger partial charge on any atom is -0.481 e. The van der Waals surface area contributed by atoms with Crippen molar-refractivity contribution in [1.29, 1.82) is 0 Å². The van der Waals surface area contributed by atoms with E-state index in [1.165, 1.54) is 18.2 Å². The molecule has 0 fully saturated rings. The van der Waals surface area contributed by atoms with Crippen molar-refractivity contribution in [1.82, 2.24) is 5.32 Å². The van der Waals surface area contributed by atoms with E-state index in [1.807, 2.05) is 0 Å². The number of carboxylic acid groups (broad SMARTS) is 1. The first-order chi connectivity index (χ1) is 8.93. The fraction of sp³-hybridized carbons (Fsp3) is 0.385. The Labute approximate surface area is 119 Å². The summed E-state index contributed by atoms with van der Waals surface area (Å²) in [5, 5.41) is 11.3. The summed E-state index contributed by atoms with van der Waals surface area (Å²) in [4.78, 5) is 22.4. The van der Waals surface area contributed by atoms with Gasteiger partial charge in [-0.15, -0.1) is 0 Å². The van der Waals surface area contributed by atoms with Gasteiger partial charge >= 0.3 is 5.97 Å². The molecule has 0 saturated heterocycles. The minimum absolute atomic E-state index is 0.131. The van der Waals surface area contributed by atoms with Gasteiger partial charge in [-0.1, -0.05) is 13.0 Å². The van der Waals surface area contributed by atoms with Crippen LogP contribution in [0.15, 0.2) is 22.7 Å². The minimum atomic E-state index is -0.848. The Hall–Kier alpha value is -1.43. The maximum atomic E-state index is 13.2. The number of rotatable bonds is 6. The van der Waals surface area contributed by atoms with Gasteiger partial charge in [-0.05, 0) is 40.9 Å². The molecule has 0 bridgehead atoms. The summed E-state index contributed by atoms with van der Waals surface area (Å²) in [6.07, 6.45) is 1.05. The van der Waals surface area contributed by atoms with Crippen LogP contribution in [0.2, 0.25) is 0 Å². The monoisotopic (exact) mass is 331 g/mol. The van der Waals surface area contributed by atoms with Crippen LogP contribution in [0.1, 0.15) is 30.1 Å². The van der Waals surface area contributed by atoms with E-state index in [1.54, 1.807) is 6.92 Å². The molecule has 0 saturated carbocycles. The Bertz CT molecular complexity index is 479. The molecule has 1 amide bonds. The molecule has 6 heteroatoms. The number of carbonyl (C=O) groups is 2. The molecule has 0 radical (unpaired) electrons. The van der Waals surface area contributed by atoms with Crippen molar-refractivity contribution in [3.05, 3.63) is 34.1 Å². The predicted octanol–water partition coefficient (Wildman–Crippen LogP) is 2.82. The zero-order valence-electron chi connectivity index (χ0n) is 10.5. The summed E-state index contributed by atoms with van der Waals surface area (Å²) in [5.41, 5.74) is 0.228. The zero-order chi connectivity index (χ0) is 14.4. The topological polar surface area (TPSA) is 66.4 Å². The van der Waals surface area contributed by atoms with Crippen molar-refractivity contribution in [2.75, 3.05) is 6.54 Å². The lowest BCUT2D eigenvalue weighted by atomic mass is 10.1. The van der Waals surface area contributed by atoms with Gasteiger partial charge in [-0.25, -0.2) is 4.39 Å². The van der Waals surface area contributed by atoms with E-state index in [9.17, 15) is 14.0 Å². The molecule has 4 nitrogen and oxygen atoms in total. The predicted molar refractivity (Wildman–Crippen MR) is 72.5 cm³/mol. The molecule has 1 unspecified atom stereocenters. The summed E-state index contributed by atoms with van der Waals surface area (Å²) in [6, 6.07) is 4.24. The molecule has 0 heterocycles. The summed E-state index contributed by atoms with van der Waals surface area (Å²) in [6.45, 7) is 1.98. The Morgan fingerprint density at radius 1 is 1.47 bits per heavy atom.